The first kappa shape index (κ1) is 19.8. The van der Waals surface area contributed by atoms with Crippen LogP contribution in [0.15, 0.2) is 48.5 Å². The third-order valence-electron chi connectivity index (χ3n) is 3.65. The third kappa shape index (κ3) is 6.76. The van der Waals surface area contributed by atoms with Crippen molar-refractivity contribution in [3.63, 3.8) is 0 Å². The summed E-state index contributed by atoms with van der Waals surface area (Å²) in [6.07, 6.45) is 2.12. The third-order valence-corrected chi connectivity index (χ3v) is 3.89. The molecule has 0 aliphatic heterocycles. The van der Waals surface area contributed by atoms with Gasteiger partial charge in [0.2, 0.25) is 0 Å². The molecule has 0 aromatic heterocycles. The van der Waals surface area contributed by atoms with Crippen LogP contribution >= 0.6 is 11.6 Å². The standard InChI is InChI=1S/C20H23ClN2O3/c1-2-4-15-7-9-18(10-8-15)26-14-19(24)22-11-12-23-20(25)16-5-3-6-17(21)13-16/h3,5-10,13H,2,4,11-12,14H2,1H3,(H,22,24)(H,23,25). The summed E-state index contributed by atoms with van der Waals surface area (Å²) in [7, 11) is 0. The van der Waals surface area contributed by atoms with Crippen molar-refractivity contribution < 1.29 is 14.3 Å². The van der Waals surface area contributed by atoms with Crippen LogP contribution < -0.4 is 15.4 Å². The monoisotopic (exact) mass is 374 g/mol. The van der Waals surface area contributed by atoms with E-state index in [0.717, 1.165) is 12.8 Å². The van der Waals surface area contributed by atoms with Crippen molar-refractivity contribution >= 4 is 23.4 Å². The van der Waals surface area contributed by atoms with E-state index in [0.29, 0.717) is 29.4 Å². The number of amides is 2. The number of carbonyl (C=O) groups is 2. The maximum absolute atomic E-state index is 11.9. The van der Waals surface area contributed by atoms with Crippen molar-refractivity contribution in [2.24, 2.45) is 0 Å². The lowest BCUT2D eigenvalue weighted by Gasteiger charge is -2.09. The van der Waals surface area contributed by atoms with Gasteiger partial charge in [0.05, 0.1) is 0 Å². The van der Waals surface area contributed by atoms with Crippen molar-refractivity contribution in [2.45, 2.75) is 19.8 Å². The molecule has 138 valence electrons. The largest absolute Gasteiger partial charge is 0.484 e. The SMILES string of the molecule is CCCc1ccc(OCC(=O)NCCNC(=O)c2cccc(Cl)c2)cc1. The molecule has 0 radical (unpaired) electrons. The summed E-state index contributed by atoms with van der Waals surface area (Å²) in [5.41, 5.74) is 1.73. The molecule has 6 heteroatoms. The highest BCUT2D eigenvalue weighted by Crippen LogP contribution is 2.13. The second-order valence-electron chi connectivity index (χ2n) is 5.80. The average molecular weight is 375 g/mol. The van der Waals surface area contributed by atoms with Gasteiger partial charge in [0.1, 0.15) is 5.75 Å². The topological polar surface area (TPSA) is 67.4 Å². The molecule has 0 heterocycles. The van der Waals surface area contributed by atoms with Crippen molar-refractivity contribution in [1.82, 2.24) is 10.6 Å². The quantitative estimate of drug-likeness (QED) is 0.662. The molecule has 2 rings (SSSR count). The van der Waals surface area contributed by atoms with E-state index in [9.17, 15) is 9.59 Å². The summed E-state index contributed by atoms with van der Waals surface area (Å²) in [5.74, 6) is 0.194. The van der Waals surface area contributed by atoms with Crippen LogP contribution in [0.2, 0.25) is 5.02 Å². The first-order chi connectivity index (χ1) is 12.6. The number of carbonyl (C=O) groups excluding carboxylic acids is 2. The molecule has 26 heavy (non-hydrogen) atoms. The number of halogens is 1. The van der Waals surface area contributed by atoms with E-state index < -0.39 is 0 Å². The van der Waals surface area contributed by atoms with Gasteiger partial charge in [-0.15, -0.1) is 0 Å². The Bertz CT molecular complexity index is 732. The molecule has 2 amide bonds. The highest BCUT2D eigenvalue weighted by molar-refractivity contribution is 6.30. The number of rotatable bonds is 9. The van der Waals surface area contributed by atoms with E-state index in [1.165, 1.54) is 5.56 Å². The zero-order valence-corrected chi connectivity index (χ0v) is 15.5. The minimum Gasteiger partial charge on any atom is -0.484 e. The molecule has 0 spiro atoms. The predicted octanol–water partition coefficient (Wildman–Crippen LogP) is 3.22. The Labute approximate surface area is 158 Å². The van der Waals surface area contributed by atoms with E-state index in [4.69, 9.17) is 16.3 Å². The first-order valence-corrected chi connectivity index (χ1v) is 8.98. The molecular formula is C20H23ClN2O3. The van der Waals surface area contributed by atoms with Gasteiger partial charge in [-0.25, -0.2) is 0 Å². The van der Waals surface area contributed by atoms with Crippen LogP contribution in [0.5, 0.6) is 5.75 Å². The van der Waals surface area contributed by atoms with Gasteiger partial charge in [-0.05, 0) is 42.3 Å². The summed E-state index contributed by atoms with van der Waals surface area (Å²) in [5, 5.41) is 5.92. The number of nitrogens with one attached hydrogen (secondary N) is 2. The molecule has 0 aliphatic carbocycles. The van der Waals surface area contributed by atoms with Gasteiger partial charge >= 0.3 is 0 Å². The molecule has 0 saturated heterocycles. The maximum Gasteiger partial charge on any atom is 0.258 e. The Morgan fingerprint density at radius 1 is 1.04 bits per heavy atom. The van der Waals surface area contributed by atoms with E-state index in [1.54, 1.807) is 24.3 Å². The molecule has 5 nitrogen and oxygen atoms in total. The molecule has 0 aliphatic rings. The Balaban J connectivity index is 1.63. The number of ether oxygens (including phenoxy) is 1. The van der Waals surface area contributed by atoms with Gasteiger partial charge in [-0.2, -0.15) is 0 Å². The van der Waals surface area contributed by atoms with Gasteiger partial charge in [0.25, 0.3) is 11.8 Å². The summed E-state index contributed by atoms with van der Waals surface area (Å²) in [4.78, 5) is 23.7. The second kappa shape index (κ2) is 10.5. The van der Waals surface area contributed by atoms with E-state index in [2.05, 4.69) is 17.6 Å². The van der Waals surface area contributed by atoms with Crippen molar-refractivity contribution in [3.8, 4) is 5.75 Å². The normalized spacial score (nSPS) is 10.2. The second-order valence-corrected chi connectivity index (χ2v) is 6.24. The lowest BCUT2D eigenvalue weighted by Crippen LogP contribution is -2.36. The van der Waals surface area contributed by atoms with Crippen LogP contribution in [-0.2, 0) is 11.2 Å². The minimum atomic E-state index is -0.236. The van der Waals surface area contributed by atoms with E-state index >= 15 is 0 Å². The van der Waals surface area contributed by atoms with Gasteiger partial charge in [-0.3, -0.25) is 9.59 Å². The Kier molecular flexibility index (Phi) is 7.96. The maximum atomic E-state index is 11.9. The fraction of sp³-hybridized carbons (Fsp3) is 0.300. The summed E-state index contributed by atoms with van der Waals surface area (Å²) in [6, 6.07) is 14.4. The molecule has 2 aromatic carbocycles. The molecule has 0 saturated carbocycles. The average Bonchev–Trinajstić information content (AvgIpc) is 2.65. The summed E-state index contributed by atoms with van der Waals surface area (Å²) >= 11 is 5.85. The fourth-order valence-electron chi connectivity index (χ4n) is 2.35. The number of benzene rings is 2. The Morgan fingerprint density at radius 3 is 2.46 bits per heavy atom. The molecular weight excluding hydrogens is 352 g/mol. The zero-order chi connectivity index (χ0) is 18.8. The molecule has 2 aromatic rings. The van der Waals surface area contributed by atoms with Crippen molar-refractivity contribution in [1.29, 1.82) is 0 Å². The van der Waals surface area contributed by atoms with Gasteiger partial charge in [-0.1, -0.05) is 43.1 Å². The first-order valence-electron chi connectivity index (χ1n) is 8.60. The fourth-order valence-corrected chi connectivity index (χ4v) is 2.54. The van der Waals surface area contributed by atoms with Crippen LogP contribution in [0, 0.1) is 0 Å². The highest BCUT2D eigenvalue weighted by atomic mass is 35.5. The predicted molar refractivity (Wildman–Crippen MR) is 103 cm³/mol. The molecule has 2 N–H and O–H groups in total. The Hall–Kier alpha value is -2.53. The van der Waals surface area contributed by atoms with E-state index in [1.807, 2.05) is 24.3 Å². The summed E-state index contributed by atoms with van der Waals surface area (Å²) in [6.45, 7) is 2.72. The van der Waals surface area contributed by atoms with Crippen molar-refractivity contribution in [3.05, 3.63) is 64.7 Å². The lowest BCUT2D eigenvalue weighted by atomic mass is 10.1. The molecule has 0 fully saturated rings. The van der Waals surface area contributed by atoms with Crippen LogP contribution in [0.3, 0.4) is 0 Å². The highest BCUT2D eigenvalue weighted by Gasteiger charge is 2.06. The molecule has 0 bridgehead atoms. The van der Waals surface area contributed by atoms with Crippen LogP contribution in [0.1, 0.15) is 29.3 Å². The van der Waals surface area contributed by atoms with Gasteiger partial charge in [0, 0.05) is 23.7 Å². The summed E-state index contributed by atoms with van der Waals surface area (Å²) < 4.78 is 5.45. The minimum absolute atomic E-state index is 0.0602. The van der Waals surface area contributed by atoms with Crippen LogP contribution in [0.25, 0.3) is 0 Å². The van der Waals surface area contributed by atoms with Crippen LogP contribution in [0.4, 0.5) is 0 Å². The zero-order valence-electron chi connectivity index (χ0n) is 14.8. The molecule has 0 unspecified atom stereocenters. The van der Waals surface area contributed by atoms with Gasteiger partial charge < -0.3 is 15.4 Å². The number of hydrogen-bond donors (Lipinski definition) is 2. The van der Waals surface area contributed by atoms with Crippen molar-refractivity contribution in [2.75, 3.05) is 19.7 Å². The van der Waals surface area contributed by atoms with Gasteiger partial charge in [0.15, 0.2) is 6.61 Å². The van der Waals surface area contributed by atoms with Crippen LogP contribution in [-0.4, -0.2) is 31.5 Å². The smallest absolute Gasteiger partial charge is 0.258 e. The molecule has 0 atom stereocenters. The lowest BCUT2D eigenvalue weighted by molar-refractivity contribution is -0.123. The number of hydrogen-bond acceptors (Lipinski definition) is 3. The van der Waals surface area contributed by atoms with E-state index in [-0.39, 0.29) is 18.4 Å². The number of aryl methyl sites for hydroxylation is 1. The Morgan fingerprint density at radius 2 is 1.77 bits per heavy atom.